The summed E-state index contributed by atoms with van der Waals surface area (Å²) in [5.41, 5.74) is 2.23. The van der Waals surface area contributed by atoms with Gasteiger partial charge in [0.2, 0.25) is 0 Å². The summed E-state index contributed by atoms with van der Waals surface area (Å²) in [7, 11) is 3.01. The summed E-state index contributed by atoms with van der Waals surface area (Å²) in [5.74, 6) is 0.562. The summed E-state index contributed by atoms with van der Waals surface area (Å²) in [6.45, 7) is 3.99. The second-order valence-corrected chi connectivity index (χ2v) is 6.60. The van der Waals surface area contributed by atoms with Crippen LogP contribution in [0.25, 0.3) is 0 Å². The molecule has 1 heterocycles. The number of carbonyl (C=O) groups is 1. The van der Waals surface area contributed by atoms with Gasteiger partial charge in [-0.2, -0.15) is 0 Å². The third-order valence-electron chi connectivity index (χ3n) is 4.46. The maximum atomic E-state index is 12.8. The number of anilines is 1. The molecule has 0 aromatic heterocycles. The molecule has 1 fully saturated rings. The van der Waals surface area contributed by atoms with E-state index < -0.39 is 0 Å². The molecule has 0 spiro atoms. The molecule has 1 aliphatic rings. The van der Waals surface area contributed by atoms with Crippen LogP contribution in [0.4, 0.5) is 5.69 Å². The Morgan fingerprint density at radius 3 is 2.63 bits per heavy atom. The first-order chi connectivity index (χ1) is 13.1. The number of morpholine rings is 1. The number of benzene rings is 2. The van der Waals surface area contributed by atoms with Crippen LogP contribution >= 0.6 is 11.6 Å². The predicted octanol–water partition coefficient (Wildman–Crippen LogP) is 3.44. The van der Waals surface area contributed by atoms with Gasteiger partial charge in [0, 0.05) is 30.9 Å². The van der Waals surface area contributed by atoms with Crippen molar-refractivity contribution in [1.82, 2.24) is 4.90 Å². The van der Waals surface area contributed by atoms with Crippen molar-refractivity contribution in [2.45, 2.75) is 6.54 Å². The van der Waals surface area contributed by atoms with Gasteiger partial charge in [-0.3, -0.25) is 9.69 Å². The monoisotopic (exact) mass is 390 g/mol. The van der Waals surface area contributed by atoms with Crippen molar-refractivity contribution in [3.63, 3.8) is 0 Å². The second kappa shape index (κ2) is 9.08. The van der Waals surface area contributed by atoms with E-state index in [2.05, 4.69) is 10.2 Å². The van der Waals surface area contributed by atoms with Crippen LogP contribution < -0.4 is 14.8 Å². The zero-order valence-corrected chi connectivity index (χ0v) is 16.2. The van der Waals surface area contributed by atoms with Crippen molar-refractivity contribution in [3.05, 3.63) is 52.5 Å². The van der Waals surface area contributed by atoms with E-state index in [9.17, 15) is 4.79 Å². The molecule has 2 aromatic rings. The van der Waals surface area contributed by atoms with Crippen LogP contribution in [0.2, 0.25) is 5.02 Å². The molecule has 1 N–H and O–H groups in total. The molecular weight excluding hydrogens is 368 g/mol. The van der Waals surface area contributed by atoms with Crippen LogP contribution in [0.5, 0.6) is 11.5 Å². The fourth-order valence-corrected chi connectivity index (χ4v) is 3.31. The van der Waals surface area contributed by atoms with Gasteiger partial charge in [0.05, 0.1) is 32.5 Å². The van der Waals surface area contributed by atoms with Gasteiger partial charge < -0.3 is 19.5 Å². The molecule has 6 nitrogen and oxygen atoms in total. The van der Waals surface area contributed by atoms with Gasteiger partial charge in [-0.15, -0.1) is 0 Å². The summed E-state index contributed by atoms with van der Waals surface area (Å²) in [6, 6.07) is 11.0. The number of ether oxygens (including phenoxy) is 3. The lowest BCUT2D eigenvalue weighted by Crippen LogP contribution is -2.35. The molecule has 7 heteroatoms. The molecule has 0 atom stereocenters. The van der Waals surface area contributed by atoms with E-state index in [1.54, 1.807) is 12.1 Å². The van der Waals surface area contributed by atoms with Gasteiger partial charge in [0.25, 0.3) is 5.91 Å². The Morgan fingerprint density at radius 1 is 1.19 bits per heavy atom. The molecule has 144 valence electrons. The van der Waals surface area contributed by atoms with Crippen molar-refractivity contribution in [2.75, 3.05) is 45.8 Å². The van der Waals surface area contributed by atoms with E-state index in [0.717, 1.165) is 44.1 Å². The number of rotatable bonds is 6. The van der Waals surface area contributed by atoms with Crippen molar-refractivity contribution < 1.29 is 19.0 Å². The summed E-state index contributed by atoms with van der Waals surface area (Å²) < 4.78 is 15.9. The molecule has 1 saturated heterocycles. The first-order valence-corrected chi connectivity index (χ1v) is 9.11. The van der Waals surface area contributed by atoms with Gasteiger partial charge in [-0.1, -0.05) is 29.8 Å². The summed E-state index contributed by atoms with van der Waals surface area (Å²) in [6.07, 6.45) is 0. The fourth-order valence-electron chi connectivity index (χ4n) is 3.02. The van der Waals surface area contributed by atoms with Crippen molar-refractivity contribution in [3.8, 4) is 11.5 Å². The smallest absolute Gasteiger partial charge is 0.255 e. The van der Waals surface area contributed by atoms with E-state index in [1.165, 1.54) is 14.2 Å². The Bertz CT molecular complexity index is 807. The maximum absolute atomic E-state index is 12.8. The van der Waals surface area contributed by atoms with Crippen LogP contribution in [-0.2, 0) is 11.3 Å². The van der Waals surface area contributed by atoms with Crippen molar-refractivity contribution >= 4 is 23.2 Å². The highest BCUT2D eigenvalue weighted by atomic mass is 35.5. The highest BCUT2D eigenvalue weighted by molar-refractivity contribution is 6.32. The normalized spacial score (nSPS) is 14.6. The number of nitrogens with one attached hydrogen (secondary N) is 1. The van der Waals surface area contributed by atoms with Crippen molar-refractivity contribution in [2.24, 2.45) is 0 Å². The maximum Gasteiger partial charge on any atom is 0.255 e. The fraction of sp³-hybridized carbons (Fsp3) is 0.350. The minimum Gasteiger partial charge on any atom is -0.493 e. The first-order valence-electron chi connectivity index (χ1n) is 8.73. The predicted molar refractivity (Wildman–Crippen MR) is 105 cm³/mol. The third kappa shape index (κ3) is 4.71. The molecule has 0 unspecified atom stereocenters. The van der Waals surface area contributed by atoms with Crippen LogP contribution in [0.3, 0.4) is 0 Å². The molecular formula is C20H23ClN2O4. The van der Waals surface area contributed by atoms with E-state index >= 15 is 0 Å². The number of para-hydroxylation sites is 1. The highest BCUT2D eigenvalue weighted by Gasteiger charge is 2.17. The number of hydrogen-bond acceptors (Lipinski definition) is 5. The van der Waals surface area contributed by atoms with Crippen molar-refractivity contribution in [1.29, 1.82) is 0 Å². The molecule has 27 heavy (non-hydrogen) atoms. The van der Waals surface area contributed by atoms with Gasteiger partial charge in [-0.05, 0) is 23.8 Å². The van der Waals surface area contributed by atoms with Crippen LogP contribution in [0, 0.1) is 0 Å². The van der Waals surface area contributed by atoms with Gasteiger partial charge >= 0.3 is 0 Å². The van der Waals surface area contributed by atoms with Gasteiger partial charge in [-0.25, -0.2) is 0 Å². The lowest BCUT2D eigenvalue weighted by atomic mass is 10.1. The minimum absolute atomic E-state index is 0.257. The number of methoxy groups -OCH3 is 2. The highest BCUT2D eigenvalue weighted by Crippen LogP contribution is 2.36. The van der Waals surface area contributed by atoms with E-state index in [0.29, 0.717) is 22.1 Å². The standard InChI is InChI=1S/C20H23ClN2O4/c1-25-18-12-15(11-16(21)19(18)26-2)20(24)22-17-6-4-3-5-14(17)13-23-7-9-27-10-8-23/h3-6,11-12H,7-10,13H2,1-2H3,(H,22,24). The van der Waals surface area contributed by atoms with Gasteiger partial charge in [0.15, 0.2) is 11.5 Å². The number of nitrogens with zero attached hydrogens (tertiary/aromatic N) is 1. The lowest BCUT2D eigenvalue weighted by molar-refractivity contribution is 0.0342. The molecule has 1 aliphatic heterocycles. The molecule has 2 aromatic carbocycles. The molecule has 1 amide bonds. The number of amides is 1. The molecule has 0 saturated carbocycles. The Labute approximate surface area is 164 Å². The first kappa shape index (κ1) is 19.5. The van der Waals surface area contributed by atoms with E-state index in [1.807, 2.05) is 24.3 Å². The minimum atomic E-state index is -0.257. The number of hydrogen-bond donors (Lipinski definition) is 1. The zero-order chi connectivity index (χ0) is 19.2. The Morgan fingerprint density at radius 2 is 1.93 bits per heavy atom. The Kier molecular flexibility index (Phi) is 6.55. The lowest BCUT2D eigenvalue weighted by Gasteiger charge is -2.27. The quantitative estimate of drug-likeness (QED) is 0.818. The molecule has 0 aliphatic carbocycles. The molecule has 0 bridgehead atoms. The Balaban J connectivity index is 1.79. The van der Waals surface area contributed by atoms with Crippen LogP contribution in [-0.4, -0.2) is 51.3 Å². The Hall–Kier alpha value is -2.28. The second-order valence-electron chi connectivity index (χ2n) is 6.19. The number of halogens is 1. The average molecular weight is 391 g/mol. The largest absolute Gasteiger partial charge is 0.493 e. The van der Waals surface area contributed by atoms with E-state index in [-0.39, 0.29) is 5.91 Å². The topological polar surface area (TPSA) is 60.0 Å². The SMILES string of the molecule is COc1cc(C(=O)Nc2ccccc2CN2CCOCC2)cc(Cl)c1OC. The summed E-state index contributed by atoms with van der Waals surface area (Å²) in [5, 5.41) is 3.30. The number of carbonyl (C=O) groups excluding carboxylic acids is 1. The molecule has 0 radical (unpaired) electrons. The average Bonchev–Trinajstić information content (AvgIpc) is 2.69. The molecule has 3 rings (SSSR count). The van der Waals surface area contributed by atoms with Crippen LogP contribution in [0.15, 0.2) is 36.4 Å². The van der Waals surface area contributed by atoms with Crippen LogP contribution in [0.1, 0.15) is 15.9 Å². The third-order valence-corrected chi connectivity index (χ3v) is 4.74. The van der Waals surface area contributed by atoms with Gasteiger partial charge in [0.1, 0.15) is 0 Å². The summed E-state index contributed by atoms with van der Waals surface area (Å²) in [4.78, 5) is 15.1. The van der Waals surface area contributed by atoms with E-state index in [4.69, 9.17) is 25.8 Å². The summed E-state index contributed by atoms with van der Waals surface area (Å²) >= 11 is 6.22. The zero-order valence-electron chi connectivity index (χ0n) is 15.5.